The molecule has 21 heavy (non-hydrogen) atoms. The molecule has 0 aromatic carbocycles. The van der Waals surface area contributed by atoms with Gasteiger partial charge in [0.1, 0.15) is 0 Å². The molecule has 2 rings (SSSR count). The lowest BCUT2D eigenvalue weighted by atomic mass is 9.88. The van der Waals surface area contributed by atoms with Gasteiger partial charge in [0.2, 0.25) is 0 Å². The average Bonchev–Trinajstić information content (AvgIpc) is 2.46. The molecule has 0 amide bonds. The summed E-state index contributed by atoms with van der Waals surface area (Å²) in [6, 6.07) is 0.426. The first-order valence-corrected chi connectivity index (χ1v) is 8.34. The van der Waals surface area contributed by atoms with Crippen LogP contribution in [0.5, 0.6) is 0 Å². The number of carbonyl (C=O) groups excluding carboxylic acids is 1. The Hall–Kier alpha value is -1.12. The highest BCUT2D eigenvalue weighted by Crippen LogP contribution is 2.30. The number of hydrogen-bond acceptors (Lipinski definition) is 3. The van der Waals surface area contributed by atoms with Crippen molar-refractivity contribution in [1.29, 1.82) is 0 Å². The molecule has 0 N–H and O–H groups in total. The van der Waals surface area contributed by atoms with E-state index >= 15 is 0 Å². The van der Waals surface area contributed by atoms with Crippen LogP contribution in [0.3, 0.4) is 0 Å². The molecule has 0 saturated heterocycles. The third kappa shape index (κ3) is 4.69. The lowest BCUT2D eigenvalue weighted by molar-refractivity contribution is -0.163. The summed E-state index contributed by atoms with van der Waals surface area (Å²) in [6.07, 6.45) is 15.0. The Bertz CT molecular complexity index is 413. The molecular weight excluding hydrogens is 262 g/mol. The highest BCUT2D eigenvalue weighted by Gasteiger charge is 2.36. The maximum atomic E-state index is 12.3. The number of esters is 1. The van der Waals surface area contributed by atoms with Crippen LogP contribution in [-0.4, -0.2) is 23.8 Å². The number of aliphatic imine (C=N–C) groups is 1. The number of rotatable bonds is 3. The molecule has 0 bridgehead atoms. The number of hydrogen-bond donors (Lipinski definition) is 0. The van der Waals surface area contributed by atoms with Gasteiger partial charge in [0, 0.05) is 18.7 Å². The van der Waals surface area contributed by atoms with Gasteiger partial charge in [-0.05, 0) is 46.5 Å². The molecule has 0 heterocycles. The molecular formula is C18H29NO2. The van der Waals surface area contributed by atoms with Crippen LogP contribution in [0.25, 0.3) is 0 Å². The van der Waals surface area contributed by atoms with Crippen molar-refractivity contribution in [3.05, 3.63) is 12.2 Å². The van der Waals surface area contributed by atoms with Crippen molar-refractivity contribution in [2.75, 3.05) is 0 Å². The van der Waals surface area contributed by atoms with Gasteiger partial charge in [-0.1, -0.05) is 31.4 Å². The van der Waals surface area contributed by atoms with Crippen molar-refractivity contribution in [3.63, 3.8) is 0 Å². The van der Waals surface area contributed by atoms with Crippen molar-refractivity contribution in [1.82, 2.24) is 0 Å². The Morgan fingerprint density at radius 1 is 1.24 bits per heavy atom. The van der Waals surface area contributed by atoms with Crippen LogP contribution < -0.4 is 0 Å². The van der Waals surface area contributed by atoms with E-state index in [4.69, 9.17) is 9.73 Å². The van der Waals surface area contributed by atoms with Crippen LogP contribution >= 0.6 is 0 Å². The van der Waals surface area contributed by atoms with Crippen molar-refractivity contribution in [2.45, 2.75) is 83.8 Å². The molecule has 1 atom stereocenters. The summed E-state index contributed by atoms with van der Waals surface area (Å²) in [5.74, 6) is -0.132. The smallest absolute Gasteiger partial charge is 0.312 e. The van der Waals surface area contributed by atoms with Crippen molar-refractivity contribution in [3.8, 4) is 0 Å². The zero-order valence-electron chi connectivity index (χ0n) is 13.7. The summed E-state index contributed by atoms with van der Waals surface area (Å²) in [7, 11) is 0. The van der Waals surface area contributed by atoms with Gasteiger partial charge in [0.05, 0.1) is 5.41 Å². The van der Waals surface area contributed by atoms with E-state index in [1.165, 1.54) is 32.1 Å². The minimum Gasteiger partial charge on any atom is -0.452 e. The molecule has 1 unspecified atom stereocenters. The highest BCUT2D eigenvalue weighted by atomic mass is 16.6. The molecule has 0 aromatic rings. The van der Waals surface area contributed by atoms with E-state index in [1.54, 1.807) is 0 Å². The fourth-order valence-electron chi connectivity index (χ4n) is 2.88. The number of allylic oxidation sites excluding steroid dienone is 1. The van der Waals surface area contributed by atoms with Crippen LogP contribution in [0, 0.1) is 5.41 Å². The fourth-order valence-corrected chi connectivity index (χ4v) is 2.88. The first kappa shape index (κ1) is 16.3. The third-order valence-corrected chi connectivity index (χ3v) is 4.37. The largest absolute Gasteiger partial charge is 0.452 e. The van der Waals surface area contributed by atoms with E-state index in [1.807, 2.05) is 27.0 Å². The van der Waals surface area contributed by atoms with Crippen LogP contribution in [0.1, 0.15) is 72.1 Å². The van der Waals surface area contributed by atoms with Gasteiger partial charge in [-0.2, -0.15) is 0 Å². The molecule has 0 aliphatic heterocycles. The molecule has 3 nitrogen and oxygen atoms in total. The molecule has 0 aromatic heterocycles. The SMILES string of the molecule is CC(C)(C)C(=O)OC1(C=NC2CCCCC2)CC=CCC1. The van der Waals surface area contributed by atoms with Crippen LogP contribution in [0.15, 0.2) is 17.1 Å². The zero-order chi connectivity index (χ0) is 15.3. The van der Waals surface area contributed by atoms with Gasteiger partial charge >= 0.3 is 5.97 Å². The van der Waals surface area contributed by atoms with Crippen molar-refractivity contribution >= 4 is 12.2 Å². The lowest BCUT2D eigenvalue weighted by Crippen LogP contribution is -2.41. The third-order valence-electron chi connectivity index (χ3n) is 4.37. The number of ether oxygens (including phenoxy) is 1. The van der Waals surface area contributed by atoms with Gasteiger partial charge in [0.25, 0.3) is 0 Å². The Morgan fingerprint density at radius 3 is 2.52 bits per heavy atom. The van der Waals surface area contributed by atoms with E-state index in [-0.39, 0.29) is 5.97 Å². The molecule has 1 fully saturated rings. The predicted octanol–water partition coefficient (Wildman–Crippen LogP) is 4.46. The zero-order valence-corrected chi connectivity index (χ0v) is 13.7. The standard InChI is InChI=1S/C18H29NO2/c1-17(2,3)16(20)21-18(12-8-5-9-13-18)14-19-15-10-6-4-7-11-15/h5,8,14-15H,4,6-7,9-13H2,1-3H3. The minimum atomic E-state index is -0.517. The quantitative estimate of drug-likeness (QED) is 0.437. The van der Waals surface area contributed by atoms with Crippen molar-refractivity contribution in [2.24, 2.45) is 10.4 Å². The molecule has 3 heteroatoms. The summed E-state index contributed by atoms with van der Waals surface area (Å²) in [6.45, 7) is 5.71. The lowest BCUT2D eigenvalue weighted by Gasteiger charge is -2.34. The molecule has 1 saturated carbocycles. The van der Waals surface area contributed by atoms with Crippen LogP contribution in [-0.2, 0) is 9.53 Å². The predicted molar refractivity (Wildman–Crippen MR) is 86.6 cm³/mol. The second-order valence-corrected chi connectivity index (χ2v) is 7.49. The van der Waals surface area contributed by atoms with Crippen LogP contribution in [0.2, 0.25) is 0 Å². The van der Waals surface area contributed by atoms with Gasteiger partial charge in [-0.3, -0.25) is 9.79 Å². The monoisotopic (exact) mass is 291 g/mol. The normalized spacial score (nSPS) is 28.0. The van der Waals surface area contributed by atoms with E-state index in [2.05, 4.69) is 12.2 Å². The Morgan fingerprint density at radius 2 is 1.95 bits per heavy atom. The Balaban J connectivity index is 2.07. The number of carbonyl (C=O) groups is 1. The van der Waals surface area contributed by atoms with Crippen molar-refractivity contribution < 1.29 is 9.53 Å². The second kappa shape index (κ2) is 6.76. The average molecular weight is 291 g/mol. The second-order valence-electron chi connectivity index (χ2n) is 7.49. The van der Waals surface area contributed by atoms with E-state index in [0.717, 1.165) is 19.3 Å². The fraction of sp³-hybridized carbons (Fsp3) is 0.778. The van der Waals surface area contributed by atoms with E-state index in [0.29, 0.717) is 6.04 Å². The van der Waals surface area contributed by atoms with Gasteiger partial charge in [0.15, 0.2) is 5.60 Å². The molecule has 0 radical (unpaired) electrons. The Kier molecular flexibility index (Phi) is 5.23. The molecule has 2 aliphatic carbocycles. The first-order chi connectivity index (χ1) is 9.91. The van der Waals surface area contributed by atoms with Gasteiger partial charge in [-0.25, -0.2) is 0 Å². The molecule has 2 aliphatic rings. The number of nitrogens with zero attached hydrogens (tertiary/aromatic N) is 1. The van der Waals surface area contributed by atoms with Gasteiger partial charge in [-0.15, -0.1) is 0 Å². The maximum absolute atomic E-state index is 12.3. The van der Waals surface area contributed by atoms with Crippen LogP contribution in [0.4, 0.5) is 0 Å². The Labute approximate surface area is 128 Å². The summed E-state index contributed by atoms with van der Waals surface area (Å²) < 4.78 is 5.89. The molecule has 0 spiro atoms. The minimum absolute atomic E-state index is 0.132. The maximum Gasteiger partial charge on any atom is 0.312 e. The highest BCUT2D eigenvalue weighted by molar-refractivity contribution is 5.80. The van der Waals surface area contributed by atoms with E-state index in [9.17, 15) is 4.79 Å². The summed E-state index contributed by atoms with van der Waals surface area (Å²) >= 11 is 0. The topological polar surface area (TPSA) is 38.7 Å². The van der Waals surface area contributed by atoms with E-state index < -0.39 is 11.0 Å². The van der Waals surface area contributed by atoms with Gasteiger partial charge < -0.3 is 4.74 Å². The molecule has 118 valence electrons. The first-order valence-electron chi connectivity index (χ1n) is 8.34. The summed E-state index contributed by atoms with van der Waals surface area (Å²) in [5.41, 5.74) is -0.983. The summed E-state index contributed by atoms with van der Waals surface area (Å²) in [4.78, 5) is 17.1. The summed E-state index contributed by atoms with van der Waals surface area (Å²) in [5, 5.41) is 0.